The highest BCUT2D eigenvalue weighted by Crippen LogP contribution is 2.25. The van der Waals surface area contributed by atoms with Crippen LogP contribution >= 0.6 is 15.9 Å². The number of benzene rings is 1. The number of hydrogen-bond donors (Lipinski definition) is 2. The molecule has 2 rings (SSSR count). The lowest BCUT2D eigenvalue weighted by atomic mass is 9.91. The van der Waals surface area contributed by atoms with Crippen LogP contribution in [-0.2, 0) is 9.53 Å². The van der Waals surface area contributed by atoms with Gasteiger partial charge in [-0.3, -0.25) is 4.79 Å². The van der Waals surface area contributed by atoms with Gasteiger partial charge in [0.15, 0.2) is 0 Å². The van der Waals surface area contributed by atoms with Crippen molar-refractivity contribution < 1.29 is 9.53 Å². The molecule has 4 nitrogen and oxygen atoms in total. The van der Waals surface area contributed by atoms with E-state index in [1.807, 2.05) is 24.3 Å². The van der Waals surface area contributed by atoms with Crippen molar-refractivity contribution in [2.75, 3.05) is 18.5 Å². The summed E-state index contributed by atoms with van der Waals surface area (Å²) < 4.78 is 6.37. The lowest BCUT2D eigenvalue weighted by molar-refractivity contribution is -0.126. The van der Waals surface area contributed by atoms with Gasteiger partial charge in [-0.2, -0.15) is 0 Å². The molecule has 1 atom stereocenters. The maximum Gasteiger partial charge on any atom is 0.245 e. The summed E-state index contributed by atoms with van der Waals surface area (Å²) >= 11 is 3.37. The molecule has 1 aromatic carbocycles. The number of hydrogen-bond acceptors (Lipinski definition) is 3. The number of nitrogens with one attached hydrogen (secondary N) is 1. The minimum atomic E-state index is -0.772. The highest BCUT2D eigenvalue weighted by atomic mass is 79.9. The molecule has 1 saturated heterocycles. The zero-order chi connectivity index (χ0) is 12.3. The predicted octanol–water partition coefficient (Wildman–Crippen LogP) is 1.90. The van der Waals surface area contributed by atoms with Gasteiger partial charge in [0.2, 0.25) is 5.91 Å². The molecule has 3 N–H and O–H groups in total. The zero-order valence-electron chi connectivity index (χ0n) is 9.41. The van der Waals surface area contributed by atoms with E-state index in [4.69, 9.17) is 10.5 Å². The fourth-order valence-corrected chi connectivity index (χ4v) is 2.22. The van der Waals surface area contributed by atoms with Gasteiger partial charge in [0.05, 0.1) is 6.61 Å². The average Bonchev–Trinajstić information content (AvgIpc) is 2.33. The first-order valence-electron chi connectivity index (χ1n) is 5.54. The van der Waals surface area contributed by atoms with Crippen molar-refractivity contribution >= 4 is 27.5 Å². The first kappa shape index (κ1) is 12.4. The number of carbonyl (C=O) groups is 1. The number of rotatable bonds is 3. The standard InChI is InChI=1S/C12H15BrN2O2/c13-9-2-4-10(5-3-9)15-12(11(14)16)6-1-7-17-8-12/h2-5,15H,1,6-8H2,(H2,14,16). The Hall–Kier alpha value is -1.07. The normalized spacial score (nSPS) is 24.3. The molecule has 0 radical (unpaired) electrons. The van der Waals surface area contributed by atoms with E-state index in [1.54, 1.807) is 0 Å². The Balaban J connectivity index is 2.17. The third kappa shape index (κ3) is 2.79. The van der Waals surface area contributed by atoms with E-state index in [-0.39, 0.29) is 5.91 Å². The molecule has 0 spiro atoms. The van der Waals surface area contributed by atoms with Crippen LogP contribution in [0.3, 0.4) is 0 Å². The molecule has 1 aliphatic heterocycles. The van der Waals surface area contributed by atoms with Gasteiger partial charge < -0.3 is 15.8 Å². The molecule has 1 aromatic rings. The van der Waals surface area contributed by atoms with Gasteiger partial charge in [-0.25, -0.2) is 0 Å². The Bertz CT molecular complexity index is 399. The summed E-state index contributed by atoms with van der Waals surface area (Å²) in [4.78, 5) is 11.6. The Morgan fingerprint density at radius 1 is 1.41 bits per heavy atom. The van der Waals surface area contributed by atoms with Crippen LogP contribution in [0.1, 0.15) is 12.8 Å². The SMILES string of the molecule is NC(=O)C1(Nc2ccc(Br)cc2)CCCOC1. The second-order valence-corrected chi connectivity index (χ2v) is 5.15. The molecule has 5 heteroatoms. The molecule has 0 aliphatic carbocycles. The Kier molecular flexibility index (Phi) is 3.69. The molecule has 92 valence electrons. The van der Waals surface area contributed by atoms with Gasteiger partial charge in [0.1, 0.15) is 5.54 Å². The summed E-state index contributed by atoms with van der Waals surface area (Å²) in [5.74, 6) is -0.361. The molecular weight excluding hydrogens is 284 g/mol. The van der Waals surface area contributed by atoms with Crippen LogP contribution in [0.4, 0.5) is 5.69 Å². The predicted molar refractivity (Wildman–Crippen MR) is 69.7 cm³/mol. The molecule has 1 amide bonds. The summed E-state index contributed by atoms with van der Waals surface area (Å²) in [5, 5.41) is 3.20. The van der Waals surface area contributed by atoms with Gasteiger partial charge in [-0.05, 0) is 37.1 Å². The third-order valence-electron chi connectivity index (χ3n) is 2.94. The Morgan fingerprint density at radius 3 is 2.65 bits per heavy atom. The fraction of sp³-hybridized carbons (Fsp3) is 0.417. The van der Waals surface area contributed by atoms with Crippen LogP contribution in [0.25, 0.3) is 0 Å². The summed E-state index contributed by atoms with van der Waals surface area (Å²) in [6.45, 7) is 1.02. The Labute approximate surface area is 109 Å². The van der Waals surface area contributed by atoms with Crippen molar-refractivity contribution in [3.05, 3.63) is 28.7 Å². The van der Waals surface area contributed by atoms with E-state index in [9.17, 15) is 4.79 Å². The van der Waals surface area contributed by atoms with Crippen LogP contribution in [0.2, 0.25) is 0 Å². The minimum Gasteiger partial charge on any atom is -0.378 e. The minimum absolute atomic E-state index is 0.332. The van der Waals surface area contributed by atoms with Gasteiger partial charge in [-0.1, -0.05) is 15.9 Å². The van der Waals surface area contributed by atoms with Crippen molar-refractivity contribution in [1.82, 2.24) is 0 Å². The second kappa shape index (κ2) is 5.06. The zero-order valence-corrected chi connectivity index (χ0v) is 11.0. The molecule has 0 bridgehead atoms. The van der Waals surface area contributed by atoms with Crippen LogP contribution in [0.15, 0.2) is 28.7 Å². The number of carbonyl (C=O) groups excluding carboxylic acids is 1. The van der Waals surface area contributed by atoms with Crippen LogP contribution < -0.4 is 11.1 Å². The van der Waals surface area contributed by atoms with Crippen molar-refractivity contribution in [3.63, 3.8) is 0 Å². The van der Waals surface area contributed by atoms with E-state index in [0.717, 1.165) is 16.6 Å². The molecule has 0 saturated carbocycles. The number of anilines is 1. The lowest BCUT2D eigenvalue weighted by Crippen LogP contribution is -2.56. The molecule has 1 heterocycles. The highest BCUT2D eigenvalue weighted by Gasteiger charge is 2.38. The summed E-state index contributed by atoms with van der Waals surface area (Å²) in [6, 6.07) is 7.65. The average molecular weight is 299 g/mol. The van der Waals surface area contributed by atoms with Gasteiger partial charge in [0, 0.05) is 16.8 Å². The van der Waals surface area contributed by atoms with Crippen LogP contribution in [0, 0.1) is 0 Å². The van der Waals surface area contributed by atoms with Gasteiger partial charge >= 0.3 is 0 Å². The molecule has 1 aliphatic rings. The lowest BCUT2D eigenvalue weighted by Gasteiger charge is -2.35. The molecular formula is C12H15BrN2O2. The maximum absolute atomic E-state index is 11.6. The first-order chi connectivity index (χ1) is 8.12. The van der Waals surface area contributed by atoms with E-state index in [0.29, 0.717) is 19.6 Å². The largest absolute Gasteiger partial charge is 0.378 e. The van der Waals surface area contributed by atoms with Crippen LogP contribution in [0.5, 0.6) is 0 Å². The van der Waals surface area contributed by atoms with Crippen molar-refractivity contribution in [2.24, 2.45) is 5.73 Å². The summed E-state index contributed by atoms with van der Waals surface area (Å²) in [7, 11) is 0. The topological polar surface area (TPSA) is 64.4 Å². The maximum atomic E-state index is 11.6. The van der Waals surface area contributed by atoms with E-state index >= 15 is 0 Å². The Morgan fingerprint density at radius 2 is 2.12 bits per heavy atom. The number of amides is 1. The van der Waals surface area contributed by atoms with E-state index < -0.39 is 5.54 Å². The van der Waals surface area contributed by atoms with Crippen molar-refractivity contribution in [1.29, 1.82) is 0 Å². The molecule has 1 fully saturated rings. The van der Waals surface area contributed by atoms with Gasteiger partial charge in [0.25, 0.3) is 0 Å². The van der Waals surface area contributed by atoms with Crippen LogP contribution in [-0.4, -0.2) is 24.7 Å². The smallest absolute Gasteiger partial charge is 0.245 e. The van der Waals surface area contributed by atoms with E-state index in [2.05, 4.69) is 21.2 Å². The summed E-state index contributed by atoms with van der Waals surface area (Å²) in [6.07, 6.45) is 1.55. The molecule has 0 aromatic heterocycles. The fourth-order valence-electron chi connectivity index (χ4n) is 1.96. The number of ether oxygens (including phenoxy) is 1. The number of primary amides is 1. The molecule has 17 heavy (non-hydrogen) atoms. The van der Waals surface area contributed by atoms with Crippen molar-refractivity contribution in [3.8, 4) is 0 Å². The summed E-state index contributed by atoms with van der Waals surface area (Å²) in [5.41, 5.74) is 5.59. The van der Waals surface area contributed by atoms with Gasteiger partial charge in [-0.15, -0.1) is 0 Å². The first-order valence-corrected chi connectivity index (χ1v) is 6.33. The van der Waals surface area contributed by atoms with E-state index in [1.165, 1.54) is 0 Å². The monoisotopic (exact) mass is 298 g/mol. The number of nitrogens with two attached hydrogens (primary N) is 1. The molecule has 1 unspecified atom stereocenters. The highest BCUT2D eigenvalue weighted by molar-refractivity contribution is 9.10. The second-order valence-electron chi connectivity index (χ2n) is 4.23. The third-order valence-corrected chi connectivity index (χ3v) is 3.47. The quantitative estimate of drug-likeness (QED) is 0.896. The number of halogens is 1. The van der Waals surface area contributed by atoms with Crippen molar-refractivity contribution in [2.45, 2.75) is 18.4 Å².